The Kier molecular flexibility index (Phi) is 7.33. The normalized spacial score (nSPS) is 23.3. The van der Waals surface area contributed by atoms with Crippen LogP contribution in [-0.4, -0.2) is 55.0 Å². The second-order valence-electron chi connectivity index (χ2n) is 7.92. The standard InChI is InChI=1S/C18H36N2O3/c1-8-20(16(21)23-17(3,4)5)12-10-11-19-14-13-15(22-9-2)18(14,6)7/h14-15,19H,8-13H2,1-7H3. The SMILES string of the molecule is CCOC1CC(NCCCN(CC)C(=O)OC(C)(C)C)C1(C)C. The lowest BCUT2D eigenvalue weighted by atomic mass is 9.64. The Morgan fingerprint density at radius 1 is 1.30 bits per heavy atom. The zero-order valence-electron chi connectivity index (χ0n) is 16.1. The third kappa shape index (κ3) is 5.96. The second kappa shape index (κ2) is 8.34. The van der Waals surface area contributed by atoms with E-state index in [1.54, 1.807) is 4.90 Å². The molecule has 23 heavy (non-hydrogen) atoms. The molecule has 0 aromatic rings. The lowest BCUT2D eigenvalue weighted by Crippen LogP contribution is -2.61. The number of rotatable bonds is 8. The fourth-order valence-electron chi connectivity index (χ4n) is 2.97. The van der Waals surface area contributed by atoms with Gasteiger partial charge in [0.05, 0.1) is 6.10 Å². The summed E-state index contributed by atoms with van der Waals surface area (Å²) in [7, 11) is 0. The summed E-state index contributed by atoms with van der Waals surface area (Å²) in [6.07, 6.45) is 2.14. The number of carbonyl (C=O) groups is 1. The predicted octanol–water partition coefficient (Wildman–Crippen LogP) is 3.43. The quantitative estimate of drug-likeness (QED) is 0.694. The first-order valence-electron chi connectivity index (χ1n) is 8.94. The Balaban J connectivity index is 2.27. The minimum Gasteiger partial charge on any atom is -0.444 e. The molecule has 5 heteroatoms. The minimum absolute atomic E-state index is 0.186. The van der Waals surface area contributed by atoms with Crippen molar-refractivity contribution in [3.63, 3.8) is 0 Å². The van der Waals surface area contributed by atoms with E-state index in [2.05, 4.69) is 19.2 Å². The molecule has 0 spiro atoms. The van der Waals surface area contributed by atoms with Crippen molar-refractivity contribution < 1.29 is 14.3 Å². The van der Waals surface area contributed by atoms with E-state index in [1.165, 1.54) is 0 Å². The summed E-state index contributed by atoms with van der Waals surface area (Å²) in [6.45, 7) is 17.3. The van der Waals surface area contributed by atoms with Crippen molar-refractivity contribution in [2.24, 2.45) is 5.41 Å². The largest absolute Gasteiger partial charge is 0.444 e. The zero-order chi connectivity index (χ0) is 17.7. The van der Waals surface area contributed by atoms with Gasteiger partial charge in [-0.1, -0.05) is 13.8 Å². The van der Waals surface area contributed by atoms with E-state index in [-0.39, 0.29) is 11.5 Å². The molecule has 1 aliphatic rings. The molecule has 0 aliphatic heterocycles. The fraction of sp³-hybridized carbons (Fsp3) is 0.944. The highest BCUT2D eigenvalue weighted by molar-refractivity contribution is 5.68. The second-order valence-corrected chi connectivity index (χ2v) is 7.92. The van der Waals surface area contributed by atoms with Crippen molar-refractivity contribution in [3.8, 4) is 0 Å². The van der Waals surface area contributed by atoms with Crippen LogP contribution in [0.25, 0.3) is 0 Å². The van der Waals surface area contributed by atoms with Gasteiger partial charge in [-0.3, -0.25) is 0 Å². The molecule has 1 N–H and O–H groups in total. The highest BCUT2D eigenvalue weighted by atomic mass is 16.6. The molecule has 0 saturated heterocycles. The molecular weight excluding hydrogens is 292 g/mol. The molecule has 2 atom stereocenters. The number of nitrogens with zero attached hydrogens (tertiary/aromatic N) is 1. The lowest BCUT2D eigenvalue weighted by Gasteiger charge is -2.52. The van der Waals surface area contributed by atoms with Gasteiger partial charge < -0.3 is 19.7 Å². The van der Waals surface area contributed by atoms with Gasteiger partial charge in [-0.05, 0) is 54.0 Å². The summed E-state index contributed by atoms with van der Waals surface area (Å²) in [5.41, 5.74) is -0.251. The van der Waals surface area contributed by atoms with Crippen LogP contribution in [0.5, 0.6) is 0 Å². The first kappa shape index (κ1) is 20.2. The first-order chi connectivity index (χ1) is 10.6. The molecule has 0 aromatic carbocycles. The number of ether oxygens (including phenoxy) is 2. The molecule has 0 aromatic heterocycles. The van der Waals surface area contributed by atoms with Gasteiger partial charge in [0, 0.05) is 31.2 Å². The van der Waals surface area contributed by atoms with Crippen molar-refractivity contribution >= 4 is 6.09 Å². The van der Waals surface area contributed by atoms with E-state index < -0.39 is 5.60 Å². The zero-order valence-corrected chi connectivity index (χ0v) is 16.1. The van der Waals surface area contributed by atoms with E-state index in [4.69, 9.17) is 9.47 Å². The van der Waals surface area contributed by atoms with Gasteiger partial charge in [0.1, 0.15) is 5.60 Å². The van der Waals surface area contributed by atoms with Gasteiger partial charge in [0.2, 0.25) is 0 Å². The predicted molar refractivity (Wildman–Crippen MR) is 93.7 cm³/mol. The highest BCUT2D eigenvalue weighted by Crippen LogP contribution is 2.42. The minimum atomic E-state index is -0.438. The van der Waals surface area contributed by atoms with Gasteiger partial charge in [-0.2, -0.15) is 0 Å². The Hall–Kier alpha value is -0.810. The molecular formula is C18H36N2O3. The first-order valence-corrected chi connectivity index (χ1v) is 8.94. The topological polar surface area (TPSA) is 50.8 Å². The molecule has 1 amide bonds. The van der Waals surface area contributed by atoms with Crippen molar-refractivity contribution in [1.82, 2.24) is 10.2 Å². The van der Waals surface area contributed by atoms with Crippen LogP contribution in [0.15, 0.2) is 0 Å². The van der Waals surface area contributed by atoms with Crippen molar-refractivity contribution in [3.05, 3.63) is 0 Å². The summed E-state index contributed by atoms with van der Waals surface area (Å²) >= 11 is 0. The molecule has 136 valence electrons. The van der Waals surface area contributed by atoms with Crippen LogP contribution in [0.4, 0.5) is 4.79 Å². The molecule has 2 unspecified atom stereocenters. The molecule has 1 aliphatic carbocycles. The van der Waals surface area contributed by atoms with E-state index in [0.717, 1.165) is 32.5 Å². The number of hydrogen-bond donors (Lipinski definition) is 1. The maximum Gasteiger partial charge on any atom is 0.410 e. The Morgan fingerprint density at radius 2 is 1.96 bits per heavy atom. The average molecular weight is 328 g/mol. The summed E-state index contributed by atoms with van der Waals surface area (Å²) in [5, 5.41) is 3.61. The van der Waals surface area contributed by atoms with E-state index >= 15 is 0 Å². The van der Waals surface area contributed by atoms with Gasteiger partial charge in [-0.25, -0.2) is 4.79 Å². The molecule has 1 rings (SSSR count). The molecule has 0 radical (unpaired) electrons. The molecule has 5 nitrogen and oxygen atoms in total. The number of carbonyl (C=O) groups excluding carboxylic acids is 1. The van der Waals surface area contributed by atoms with E-state index in [9.17, 15) is 4.79 Å². The monoisotopic (exact) mass is 328 g/mol. The van der Waals surface area contributed by atoms with Gasteiger partial charge in [0.15, 0.2) is 0 Å². The van der Waals surface area contributed by atoms with Crippen molar-refractivity contribution in [2.45, 2.75) is 79.1 Å². The van der Waals surface area contributed by atoms with E-state index in [0.29, 0.717) is 18.7 Å². The summed E-state index contributed by atoms with van der Waals surface area (Å²) in [5.74, 6) is 0. The average Bonchev–Trinajstić information content (AvgIpc) is 2.43. The van der Waals surface area contributed by atoms with Crippen LogP contribution in [0, 0.1) is 5.41 Å². The van der Waals surface area contributed by atoms with E-state index in [1.807, 2.05) is 34.6 Å². The van der Waals surface area contributed by atoms with Crippen LogP contribution < -0.4 is 5.32 Å². The number of amides is 1. The lowest BCUT2D eigenvalue weighted by molar-refractivity contribution is -0.114. The van der Waals surface area contributed by atoms with Gasteiger partial charge in [-0.15, -0.1) is 0 Å². The van der Waals surface area contributed by atoms with Crippen LogP contribution in [0.3, 0.4) is 0 Å². The summed E-state index contributed by atoms with van der Waals surface area (Å²) in [4.78, 5) is 13.8. The molecule has 0 bridgehead atoms. The maximum atomic E-state index is 12.1. The summed E-state index contributed by atoms with van der Waals surface area (Å²) in [6, 6.07) is 0.496. The van der Waals surface area contributed by atoms with Crippen molar-refractivity contribution in [2.75, 3.05) is 26.2 Å². The third-order valence-corrected chi connectivity index (χ3v) is 4.57. The smallest absolute Gasteiger partial charge is 0.410 e. The molecule has 1 fully saturated rings. The number of hydrogen-bond acceptors (Lipinski definition) is 4. The van der Waals surface area contributed by atoms with Gasteiger partial charge in [0.25, 0.3) is 0 Å². The number of nitrogens with one attached hydrogen (secondary N) is 1. The van der Waals surface area contributed by atoms with Crippen LogP contribution in [0.1, 0.15) is 61.3 Å². The van der Waals surface area contributed by atoms with Crippen LogP contribution in [-0.2, 0) is 9.47 Å². The molecule has 1 saturated carbocycles. The third-order valence-electron chi connectivity index (χ3n) is 4.57. The van der Waals surface area contributed by atoms with Crippen LogP contribution >= 0.6 is 0 Å². The maximum absolute atomic E-state index is 12.1. The highest BCUT2D eigenvalue weighted by Gasteiger charge is 2.48. The summed E-state index contributed by atoms with van der Waals surface area (Å²) < 4.78 is 11.2. The van der Waals surface area contributed by atoms with Gasteiger partial charge >= 0.3 is 6.09 Å². The van der Waals surface area contributed by atoms with Crippen LogP contribution in [0.2, 0.25) is 0 Å². The van der Waals surface area contributed by atoms with Crippen molar-refractivity contribution in [1.29, 1.82) is 0 Å². The Labute approximate surface area is 142 Å². The molecule has 0 heterocycles. The Bertz CT molecular complexity index is 377. The Morgan fingerprint density at radius 3 is 2.43 bits per heavy atom. The fourth-order valence-corrected chi connectivity index (χ4v) is 2.97.